The monoisotopic (exact) mass is 305 g/mol. The lowest BCUT2D eigenvalue weighted by Gasteiger charge is -2.51. The van der Waals surface area contributed by atoms with E-state index < -0.39 is 12.1 Å². The van der Waals surface area contributed by atoms with Crippen LogP contribution in [0.1, 0.15) is 38.5 Å². The van der Waals surface area contributed by atoms with Crippen LogP contribution in [0, 0.1) is 5.92 Å². The number of rotatable bonds is 2. The summed E-state index contributed by atoms with van der Waals surface area (Å²) < 4.78 is 38.6. The Bertz CT molecular complexity index is 364. The molecule has 0 bridgehead atoms. The number of nitrogens with two attached hydrogens (primary N) is 1. The molecule has 122 valence electrons. The molecule has 3 rings (SSSR count). The fourth-order valence-corrected chi connectivity index (χ4v) is 4.55. The van der Waals surface area contributed by atoms with Crippen molar-refractivity contribution in [3.05, 3.63) is 0 Å². The van der Waals surface area contributed by atoms with Gasteiger partial charge in [-0.05, 0) is 45.1 Å². The summed E-state index contributed by atoms with van der Waals surface area (Å²) in [6.07, 6.45) is 0.121. The molecule has 2 aliphatic heterocycles. The lowest BCUT2D eigenvalue weighted by Crippen LogP contribution is -2.63. The van der Waals surface area contributed by atoms with Crippen molar-refractivity contribution in [3.63, 3.8) is 0 Å². The Labute approximate surface area is 124 Å². The molecule has 1 unspecified atom stereocenters. The molecule has 21 heavy (non-hydrogen) atoms. The first kappa shape index (κ1) is 15.6. The number of halogens is 3. The Kier molecular flexibility index (Phi) is 4.23. The lowest BCUT2D eigenvalue weighted by molar-refractivity contribution is -0.189. The van der Waals surface area contributed by atoms with E-state index in [0.717, 1.165) is 19.6 Å². The molecule has 1 atom stereocenters. The summed E-state index contributed by atoms with van der Waals surface area (Å²) in [5, 5.41) is 0. The van der Waals surface area contributed by atoms with E-state index in [1.54, 1.807) is 0 Å². The first-order chi connectivity index (χ1) is 9.94. The minimum atomic E-state index is -4.04. The molecular formula is C15H26F3N3. The van der Waals surface area contributed by atoms with Crippen molar-refractivity contribution in [2.75, 3.05) is 32.7 Å². The van der Waals surface area contributed by atoms with E-state index in [4.69, 9.17) is 5.73 Å². The Morgan fingerprint density at radius 3 is 2.38 bits per heavy atom. The molecule has 6 heteroatoms. The second-order valence-electron chi connectivity index (χ2n) is 7.02. The van der Waals surface area contributed by atoms with E-state index >= 15 is 0 Å². The van der Waals surface area contributed by atoms with Crippen LogP contribution < -0.4 is 5.73 Å². The van der Waals surface area contributed by atoms with Gasteiger partial charge in [0.25, 0.3) is 0 Å². The van der Waals surface area contributed by atoms with Gasteiger partial charge in [-0.1, -0.05) is 0 Å². The normalized spacial score (nSPS) is 39.4. The maximum absolute atomic E-state index is 12.9. The predicted molar refractivity (Wildman–Crippen MR) is 76.0 cm³/mol. The molecular weight excluding hydrogens is 279 g/mol. The first-order valence-corrected chi connectivity index (χ1v) is 8.20. The smallest absolute Gasteiger partial charge is 0.329 e. The molecule has 0 radical (unpaired) electrons. The topological polar surface area (TPSA) is 32.5 Å². The van der Waals surface area contributed by atoms with Crippen LogP contribution >= 0.6 is 0 Å². The summed E-state index contributed by atoms with van der Waals surface area (Å²) in [5.74, 6) is -1.12. The van der Waals surface area contributed by atoms with Crippen LogP contribution in [-0.4, -0.2) is 60.3 Å². The second kappa shape index (κ2) is 5.70. The highest BCUT2D eigenvalue weighted by molar-refractivity contribution is 5.01. The number of hydrogen-bond acceptors (Lipinski definition) is 3. The van der Waals surface area contributed by atoms with Gasteiger partial charge in [0, 0.05) is 37.8 Å². The third-order valence-electron chi connectivity index (χ3n) is 6.02. The summed E-state index contributed by atoms with van der Waals surface area (Å²) >= 11 is 0. The van der Waals surface area contributed by atoms with Crippen molar-refractivity contribution < 1.29 is 13.2 Å². The van der Waals surface area contributed by atoms with Crippen molar-refractivity contribution in [2.24, 2.45) is 11.7 Å². The Hall–Kier alpha value is -0.330. The molecule has 3 fully saturated rings. The van der Waals surface area contributed by atoms with Crippen LogP contribution in [0.25, 0.3) is 0 Å². The van der Waals surface area contributed by atoms with E-state index in [1.807, 2.05) is 0 Å². The first-order valence-electron chi connectivity index (χ1n) is 8.20. The average molecular weight is 305 g/mol. The Morgan fingerprint density at radius 2 is 1.76 bits per heavy atom. The number of hydrogen-bond donors (Lipinski definition) is 1. The van der Waals surface area contributed by atoms with E-state index in [9.17, 15) is 13.2 Å². The molecule has 0 aromatic heterocycles. The summed E-state index contributed by atoms with van der Waals surface area (Å²) in [5.41, 5.74) is 5.84. The van der Waals surface area contributed by atoms with Crippen LogP contribution in [0.15, 0.2) is 0 Å². The van der Waals surface area contributed by atoms with Gasteiger partial charge in [0.05, 0.1) is 5.92 Å². The molecule has 2 saturated heterocycles. The fourth-order valence-electron chi connectivity index (χ4n) is 4.55. The van der Waals surface area contributed by atoms with E-state index in [-0.39, 0.29) is 18.4 Å². The number of nitrogens with zero attached hydrogens (tertiary/aromatic N) is 2. The van der Waals surface area contributed by atoms with E-state index in [2.05, 4.69) is 9.80 Å². The van der Waals surface area contributed by atoms with Gasteiger partial charge in [-0.15, -0.1) is 0 Å². The van der Waals surface area contributed by atoms with Crippen LogP contribution in [0.2, 0.25) is 0 Å². The summed E-state index contributed by atoms with van der Waals surface area (Å²) in [7, 11) is 0. The standard InChI is InChI=1S/C15H26F3N3/c16-15(17,18)12-3-5-14(11-19,6-4-12)21-9-8-20-7-1-2-13(20)10-21/h12-13H,1-11,19H2. The Morgan fingerprint density at radius 1 is 1.05 bits per heavy atom. The van der Waals surface area contributed by atoms with Gasteiger partial charge in [0.1, 0.15) is 0 Å². The lowest BCUT2D eigenvalue weighted by atomic mass is 9.74. The number of piperazine rings is 1. The largest absolute Gasteiger partial charge is 0.391 e. The van der Waals surface area contributed by atoms with Crippen LogP contribution in [-0.2, 0) is 0 Å². The van der Waals surface area contributed by atoms with Crippen LogP contribution in [0.5, 0.6) is 0 Å². The zero-order chi connectivity index (χ0) is 15.1. The van der Waals surface area contributed by atoms with Gasteiger partial charge in [0.2, 0.25) is 0 Å². The third kappa shape index (κ3) is 2.94. The molecule has 1 saturated carbocycles. The van der Waals surface area contributed by atoms with Crippen LogP contribution in [0.3, 0.4) is 0 Å². The minimum absolute atomic E-state index is 0.184. The van der Waals surface area contributed by atoms with Crippen molar-refractivity contribution in [3.8, 4) is 0 Å². The van der Waals surface area contributed by atoms with E-state index in [1.165, 1.54) is 19.4 Å². The number of alkyl halides is 3. The summed E-state index contributed by atoms with van der Waals surface area (Å²) in [6.45, 7) is 4.68. The van der Waals surface area contributed by atoms with Gasteiger partial charge in [-0.25, -0.2) is 0 Å². The molecule has 2 heterocycles. The average Bonchev–Trinajstić information content (AvgIpc) is 2.93. The molecule has 3 aliphatic rings. The van der Waals surface area contributed by atoms with Gasteiger partial charge in [-0.3, -0.25) is 9.80 Å². The van der Waals surface area contributed by atoms with Gasteiger partial charge in [-0.2, -0.15) is 13.2 Å². The van der Waals surface area contributed by atoms with Crippen molar-refractivity contribution in [2.45, 2.75) is 56.3 Å². The minimum Gasteiger partial charge on any atom is -0.329 e. The summed E-state index contributed by atoms with van der Waals surface area (Å²) in [4.78, 5) is 4.95. The second-order valence-corrected chi connectivity index (χ2v) is 7.02. The maximum atomic E-state index is 12.9. The highest BCUT2D eigenvalue weighted by Crippen LogP contribution is 2.43. The molecule has 0 aromatic carbocycles. The van der Waals surface area contributed by atoms with Gasteiger partial charge < -0.3 is 5.73 Å². The van der Waals surface area contributed by atoms with Gasteiger partial charge in [0.15, 0.2) is 0 Å². The van der Waals surface area contributed by atoms with Crippen molar-refractivity contribution >= 4 is 0 Å². The molecule has 0 spiro atoms. The quantitative estimate of drug-likeness (QED) is 0.849. The van der Waals surface area contributed by atoms with Crippen molar-refractivity contribution in [1.82, 2.24) is 9.80 Å². The molecule has 0 aromatic rings. The zero-order valence-corrected chi connectivity index (χ0v) is 12.5. The molecule has 2 N–H and O–H groups in total. The maximum Gasteiger partial charge on any atom is 0.391 e. The van der Waals surface area contributed by atoms with Gasteiger partial charge >= 0.3 is 6.18 Å². The van der Waals surface area contributed by atoms with Crippen LogP contribution in [0.4, 0.5) is 13.2 Å². The fraction of sp³-hybridized carbons (Fsp3) is 1.00. The summed E-state index contributed by atoms with van der Waals surface area (Å²) in [6, 6.07) is 0.600. The SMILES string of the molecule is NCC1(N2CCN3CCCC3C2)CCC(C(F)(F)F)CC1. The zero-order valence-electron chi connectivity index (χ0n) is 12.5. The predicted octanol–water partition coefficient (Wildman–Crippen LogP) is 2.22. The third-order valence-corrected chi connectivity index (χ3v) is 6.02. The van der Waals surface area contributed by atoms with E-state index in [0.29, 0.717) is 25.4 Å². The highest BCUT2D eigenvalue weighted by Gasteiger charge is 2.48. The van der Waals surface area contributed by atoms with Crippen molar-refractivity contribution in [1.29, 1.82) is 0 Å². The molecule has 1 aliphatic carbocycles. The number of fused-ring (bicyclic) bond motifs is 1. The Balaban J connectivity index is 1.65. The highest BCUT2D eigenvalue weighted by atomic mass is 19.4. The molecule has 3 nitrogen and oxygen atoms in total. The molecule has 0 amide bonds.